The third-order valence-electron chi connectivity index (χ3n) is 4.01. The zero-order valence-electron chi connectivity index (χ0n) is 15.1. The smallest absolute Gasteiger partial charge is 0.326 e. The number of carbonyl (C=O) groups is 3. The molecule has 2 amide bonds. The highest BCUT2D eigenvalue weighted by atomic mass is 35.5. The summed E-state index contributed by atoms with van der Waals surface area (Å²) in [4.78, 5) is 35.7. The number of halogens is 2. The first kappa shape index (κ1) is 21.4. The van der Waals surface area contributed by atoms with Crippen molar-refractivity contribution < 1.29 is 23.9 Å². The number of amides is 2. The molecule has 2 rings (SSSR count). The van der Waals surface area contributed by atoms with Gasteiger partial charge in [-0.15, -0.1) is 0 Å². The summed E-state index contributed by atoms with van der Waals surface area (Å²) in [6.45, 7) is 1.26. The number of carbonyl (C=O) groups excluding carboxylic acids is 2. The Labute approximate surface area is 166 Å². The van der Waals surface area contributed by atoms with Crippen LogP contribution in [0.1, 0.15) is 18.1 Å². The average molecular weight is 407 g/mol. The van der Waals surface area contributed by atoms with Crippen LogP contribution < -0.4 is 10.6 Å². The highest BCUT2D eigenvalue weighted by Crippen LogP contribution is 2.12. The quantitative estimate of drug-likeness (QED) is 0.627. The third-order valence-corrected chi connectivity index (χ3v) is 4.27. The predicted molar refractivity (Wildman–Crippen MR) is 102 cm³/mol. The van der Waals surface area contributed by atoms with Gasteiger partial charge in [-0.3, -0.25) is 9.59 Å². The van der Waals surface area contributed by atoms with Crippen LogP contribution in [0.2, 0.25) is 5.02 Å². The summed E-state index contributed by atoms with van der Waals surface area (Å²) in [5, 5.41) is 14.9. The Morgan fingerprint density at radius 1 is 0.929 bits per heavy atom. The minimum Gasteiger partial charge on any atom is -0.480 e. The zero-order chi connectivity index (χ0) is 20.7. The number of rotatable bonds is 8. The molecule has 0 saturated heterocycles. The molecule has 28 heavy (non-hydrogen) atoms. The molecule has 2 aromatic carbocycles. The van der Waals surface area contributed by atoms with Gasteiger partial charge in [0.05, 0.1) is 0 Å². The lowest BCUT2D eigenvalue weighted by atomic mass is 10.0. The van der Waals surface area contributed by atoms with Crippen molar-refractivity contribution in [3.05, 3.63) is 70.5 Å². The molecule has 148 valence electrons. The minimum absolute atomic E-state index is 0.0571. The van der Waals surface area contributed by atoms with Crippen molar-refractivity contribution in [2.24, 2.45) is 0 Å². The van der Waals surface area contributed by atoms with Crippen molar-refractivity contribution >= 4 is 29.4 Å². The van der Waals surface area contributed by atoms with Crippen molar-refractivity contribution in [3.63, 3.8) is 0 Å². The summed E-state index contributed by atoms with van der Waals surface area (Å²) in [5.74, 6) is -2.70. The topological polar surface area (TPSA) is 95.5 Å². The molecule has 0 aliphatic heterocycles. The molecule has 2 aromatic rings. The molecule has 0 aliphatic carbocycles. The fourth-order valence-electron chi connectivity index (χ4n) is 2.64. The molecule has 3 N–H and O–H groups in total. The number of nitrogens with one attached hydrogen (secondary N) is 2. The number of carboxylic acid groups (broad SMARTS) is 1. The molecule has 0 aliphatic rings. The monoisotopic (exact) mass is 406 g/mol. The van der Waals surface area contributed by atoms with E-state index in [1.807, 2.05) is 0 Å². The van der Waals surface area contributed by atoms with E-state index in [1.165, 1.54) is 31.2 Å². The van der Waals surface area contributed by atoms with Gasteiger partial charge in [0.25, 0.3) is 0 Å². The van der Waals surface area contributed by atoms with Crippen LogP contribution in [0.4, 0.5) is 4.39 Å². The summed E-state index contributed by atoms with van der Waals surface area (Å²) in [6.07, 6.45) is 0.153. The van der Waals surface area contributed by atoms with Crippen LogP contribution in [0.15, 0.2) is 48.5 Å². The van der Waals surface area contributed by atoms with Crippen LogP contribution in [0.5, 0.6) is 0 Å². The minimum atomic E-state index is -1.20. The second kappa shape index (κ2) is 9.85. The van der Waals surface area contributed by atoms with Gasteiger partial charge in [-0.05, 0) is 35.4 Å². The van der Waals surface area contributed by atoms with E-state index in [4.69, 9.17) is 11.6 Å². The summed E-state index contributed by atoms with van der Waals surface area (Å²) in [7, 11) is 0. The van der Waals surface area contributed by atoms with Gasteiger partial charge in [-0.25, -0.2) is 9.18 Å². The van der Waals surface area contributed by atoms with Crippen LogP contribution in [0, 0.1) is 5.82 Å². The Hall–Kier alpha value is -2.93. The first-order valence-corrected chi connectivity index (χ1v) is 8.91. The van der Waals surface area contributed by atoms with E-state index in [0.29, 0.717) is 16.1 Å². The van der Waals surface area contributed by atoms with Crippen molar-refractivity contribution in [1.82, 2.24) is 10.6 Å². The van der Waals surface area contributed by atoms with E-state index in [0.717, 1.165) is 0 Å². The summed E-state index contributed by atoms with van der Waals surface area (Å²) in [6, 6.07) is 9.94. The Morgan fingerprint density at radius 3 is 1.93 bits per heavy atom. The molecule has 0 radical (unpaired) electrons. The molecule has 8 heteroatoms. The van der Waals surface area contributed by atoms with Gasteiger partial charge in [-0.2, -0.15) is 0 Å². The van der Waals surface area contributed by atoms with Crippen molar-refractivity contribution in [3.8, 4) is 0 Å². The van der Waals surface area contributed by atoms with Crippen molar-refractivity contribution in [2.75, 3.05) is 0 Å². The van der Waals surface area contributed by atoms with Gasteiger partial charge < -0.3 is 15.7 Å². The molecule has 0 fully saturated rings. The standard InChI is InChI=1S/C20H20ClFN2O4/c1-12(25)23-17(10-14-4-8-16(22)9-5-14)19(26)24-18(20(27)28)11-13-2-6-15(21)7-3-13/h2-9,17-18H,10-11H2,1H3,(H,23,25)(H,24,26)(H,27,28)/t17-,18-/m1/s1. The predicted octanol–water partition coefficient (Wildman–Crippen LogP) is 2.34. The third kappa shape index (κ3) is 6.66. The highest BCUT2D eigenvalue weighted by Gasteiger charge is 2.26. The molecule has 6 nitrogen and oxygen atoms in total. The molecule has 0 spiro atoms. The van der Waals surface area contributed by atoms with E-state index in [2.05, 4.69) is 10.6 Å². The number of aliphatic carboxylic acids is 1. The maximum atomic E-state index is 13.1. The Morgan fingerprint density at radius 2 is 1.43 bits per heavy atom. The molecule has 0 saturated carbocycles. The van der Waals surface area contributed by atoms with E-state index in [9.17, 15) is 23.9 Å². The van der Waals surface area contributed by atoms with Gasteiger partial charge in [0, 0.05) is 24.8 Å². The molecule has 2 atom stereocenters. The first-order valence-electron chi connectivity index (χ1n) is 8.53. The summed E-state index contributed by atoms with van der Waals surface area (Å²) >= 11 is 5.82. The first-order chi connectivity index (χ1) is 13.2. The Bertz CT molecular complexity index is 840. The molecule has 0 bridgehead atoms. The molecule has 0 unspecified atom stereocenters. The lowest BCUT2D eigenvalue weighted by Crippen LogP contribution is -2.52. The number of carboxylic acids is 1. The van der Waals surface area contributed by atoms with Crippen LogP contribution in [0.25, 0.3) is 0 Å². The van der Waals surface area contributed by atoms with Crippen molar-refractivity contribution in [2.45, 2.75) is 31.8 Å². The number of hydrogen-bond donors (Lipinski definition) is 3. The van der Waals surface area contributed by atoms with E-state index in [-0.39, 0.29) is 12.8 Å². The number of benzene rings is 2. The largest absolute Gasteiger partial charge is 0.480 e. The Kier molecular flexibility index (Phi) is 7.52. The fourth-order valence-corrected chi connectivity index (χ4v) is 2.77. The van der Waals surface area contributed by atoms with Crippen LogP contribution in [-0.2, 0) is 27.2 Å². The summed E-state index contributed by atoms with van der Waals surface area (Å²) in [5.41, 5.74) is 1.31. The molecular formula is C20H20ClFN2O4. The van der Waals surface area contributed by atoms with Gasteiger partial charge in [0.15, 0.2) is 0 Å². The van der Waals surface area contributed by atoms with E-state index < -0.39 is 35.7 Å². The summed E-state index contributed by atoms with van der Waals surface area (Å²) < 4.78 is 13.1. The van der Waals surface area contributed by atoms with Gasteiger partial charge in [-0.1, -0.05) is 35.9 Å². The maximum Gasteiger partial charge on any atom is 0.326 e. The van der Waals surface area contributed by atoms with Gasteiger partial charge in [0.2, 0.25) is 11.8 Å². The molecular weight excluding hydrogens is 387 g/mol. The van der Waals surface area contributed by atoms with Gasteiger partial charge >= 0.3 is 5.97 Å². The normalized spacial score (nSPS) is 12.7. The van der Waals surface area contributed by atoms with E-state index in [1.54, 1.807) is 24.3 Å². The SMILES string of the molecule is CC(=O)N[C@H](Cc1ccc(F)cc1)C(=O)N[C@H](Cc1ccc(Cl)cc1)C(=O)O. The molecule has 0 aromatic heterocycles. The second-order valence-corrected chi connectivity index (χ2v) is 6.75. The lowest BCUT2D eigenvalue weighted by molar-refractivity contribution is -0.142. The fraction of sp³-hybridized carbons (Fsp3) is 0.250. The number of hydrogen-bond acceptors (Lipinski definition) is 3. The average Bonchev–Trinajstić information content (AvgIpc) is 2.63. The van der Waals surface area contributed by atoms with Crippen LogP contribution in [0.3, 0.4) is 0 Å². The maximum absolute atomic E-state index is 13.1. The van der Waals surface area contributed by atoms with E-state index >= 15 is 0 Å². The second-order valence-electron chi connectivity index (χ2n) is 6.31. The zero-order valence-corrected chi connectivity index (χ0v) is 15.9. The van der Waals surface area contributed by atoms with Crippen LogP contribution in [-0.4, -0.2) is 35.0 Å². The highest BCUT2D eigenvalue weighted by molar-refractivity contribution is 6.30. The van der Waals surface area contributed by atoms with Gasteiger partial charge in [0.1, 0.15) is 17.9 Å². The Balaban J connectivity index is 2.11. The molecule has 0 heterocycles. The van der Waals surface area contributed by atoms with Crippen LogP contribution >= 0.6 is 11.6 Å². The lowest BCUT2D eigenvalue weighted by Gasteiger charge is -2.21. The van der Waals surface area contributed by atoms with Crippen molar-refractivity contribution in [1.29, 1.82) is 0 Å².